The van der Waals surface area contributed by atoms with Gasteiger partial charge in [-0.1, -0.05) is 11.6 Å². The highest BCUT2D eigenvalue weighted by molar-refractivity contribution is 6.33. The molecule has 1 aromatic rings. The molecular formula is C13H22ClN3O. The van der Waals surface area contributed by atoms with Gasteiger partial charge in [-0.25, -0.2) is 4.98 Å². The molecule has 102 valence electrons. The fraction of sp³-hybridized carbons (Fsp3) is 0.615. The largest absolute Gasteiger partial charge is 0.383 e. The van der Waals surface area contributed by atoms with Crippen molar-refractivity contribution in [1.82, 2.24) is 10.3 Å². The molecule has 4 nitrogen and oxygen atoms in total. The predicted octanol–water partition coefficient (Wildman–Crippen LogP) is 2.32. The number of hydrogen-bond donors (Lipinski definition) is 1. The van der Waals surface area contributed by atoms with Gasteiger partial charge in [0, 0.05) is 32.4 Å². The Bertz CT molecular complexity index is 371. The van der Waals surface area contributed by atoms with Gasteiger partial charge in [0.05, 0.1) is 11.6 Å². The lowest BCUT2D eigenvalue weighted by molar-refractivity contribution is 0.203. The smallest absolute Gasteiger partial charge is 0.147 e. The Balaban J connectivity index is 2.90. The number of pyridine rings is 1. The van der Waals surface area contributed by atoms with Crippen LogP contribution in [0, 0.1) is 0 Å². The summed E-state index contributed by atoms with van der Waals surface area (Å²) < 4.78 is 5.12. The minimum Gasteiger partial charge on any atom is -0.383 e. The molecule has 0 radical (unpaired) electrons. The van der Waals surface area contributed by atoms with E-state index < -0.39 is 0 Å². The second-order valence-corrected chi connectivity index (χ2v) is 4.87. The Morgan fingerprint density at radius 3 is 2.72 bits per heavy atom. The molecule has 0 aromatic carbocycles. The highest BCUT2D eigenvalue weighted by Gasteiger charge is 2.15. The van der Waals surface area contributed by atoms with Crippen molar-refractivity contribution in [3.63, 3.8) is 0 Å². The topological polar surface area (TPSA) is 37.4 Å². The Labute approximate surface area is 114 Å². The molecule has 0 unspecified atom stereocenters. The molecule has 1 aromatic heterocycles. The van der Waals surface area contributed by atoms with Crippen molar-refractivity contribution in [3.8, 4) is 0 Å². The van der Waals surface area contributed by atoms with Crippen LogP contribution in [0.25, 0.3) is 0 Å². The first kappa shape index (κ1) is 15.2. The number of methoxy groups -OCH3 is 1. The van der Waals surface area contributed by atoms with E-state index in [9.17, 15) is 0 Å². The van der Waals surface area contributed by atoms with Crippen LogP contribution in [0.3, 0.4) is 0 Å². The SMILES string of the molecule is CNCc1cnc(N(CCOC)C(C)C)c(Cl)c1. The Kier molecular flexibility index (Phi) is 6.39. The van der Waals surface area contributed by atoms with E-state index >= 15 is 0 Å². The van der Waals surface area contributed by atoms with Crippen LogP contribution in [0.1, 0.15) is 19.4 Å². The fourth-order valence-electron chi connectivity index (χ4n) is 1.78. The lowest BCUT2D eigenvalue weighted by Gasteiger charge is -2.28. The zero-order valence-corrected chi connectivity index (χ0v) is 12.3. The molecule has 0 aliphatic heterocycles. The molecule has 1 rings (SSSR count). The third kappa shape index (κ3) is 4.12. The summed E-state index contributed by atoms with van der Waals surface area (Å²) >= 11 is 6.31. The number of anilines is 1. The normalized spacial score (nSPS) is 11.0. The molecule has 0 spiro atoms. The third-order valence-corrected chi connectivity index (χ3v) is 2.97. The van der Waals surface area contributed by atoms with E-state index in [1.165, 1.54) is 0 Å². The summed E-state index contributed by atoms with van der Waals surface area (Å²) in [5.41, 5.74) is 1.08. The first-order valence-corrected chi connectivity index (χ1v) is 6.52. The number of ether oxygens (including phenoxy) is 1. The maximum atomic E-state index is 6.31. The Morgan fingerprint density at radius 2 is 2.22 bits per heavy atom. The van der Waals surface area contributed by atoms with Gasteiger partial charge in [-0.2, -0.15) is 0 Å². The number of hydrogen-bond acceptors (Lipinski definition) is 4. The molecule has 0 fully saturated rings. The van der Waals surface area contributed by atoms with Crippen molar-refractivity contribution in [3.05, 3.63) is 22.8 Å². The van der Waals surface area contributed by atoms with Gasteiger partial charge in [-0.15, -0.1) is 0 Å². The minimum atomic E-state index is 0.334. The van der Waals surface area contributed by atoms with Crippen LogP contribution in [-0.4, -0.2) is 38.3 Å². The van der Waals surface area contributed by atoms with E-state index in [4.69, 9.17) is 16.3 Å². The summed E-state index contributed by atoms with van der Waals surface area (Å²) in [4.78, 5) is 6.62. The molecule has 0 aliphatic rings. The van der Waals surface area contributed by atoms with Crippen LogP contribution in [0.4, 0.5) is 5.82 Å². The van der Waals surface area contributed by atoms with Gasteiger partial charge in [0.15, 0.2) is 0 Å². The number of nitrogens with zero attached hydrogens (tertiary/aromatic N) is 2. The number of rotatable bonds is 7. The first-order chi connectivity index (χ1) is 8.60. The summed E-state index contributed by atoms with van der Waals surface area (Å²) in [6.45, 7) is 6.46. The van der Waals surface area contributed by atoms with Crippen molar-refractivity contribution in [2.24, 2.45) is 0 Å². The molecule has 0 atom stereocenters. The Hall–Kier alpha value is -0.840. The molecule has 18 heavy (non-hydrogen) atoms. The van der Waals surface area contributed by atoms with Crippen LogP contribution in [0.15, 0.2) is 12.3 Å². The maximum Gasteiger partial charge on any atom is 0.147 e. The van der Waals surface area contributed by atoms with Crippen LogP contribution < -0.4 is 10.2 Å². The van der Waals surface area contributed by atoms with Crippen LogP contribution in [-0.2, 0) is 11.3 Å². The van der Waals surface area contributed by atoms with Crippen LogP contribution in [0.5, 0.6) is 0 Å². The minimum absolute atomic E-state index is 0.334. The summed E-state index contributed by atoms with van der Waals surface area (Å²) in [5, 5.41) is 3.77. The van der Waals surface area contributed by atoms with E-state index in [-0.39, 0.29) is 0 Å². The lowest BCUT2D eigenvalue weighted by Crippen LogP contribution is -2.34. The summed E-state index contributed by atoms with van der Waals surface area (Å²) in [6.07, 6.45) is 1.86. The van der Waals surface area contributed by atoms with Gasteiger partial charge in [0.2, 0.25) is 0 Å². The Morgan fingerprint density at radius 1 is 1.50 bits per heavy atom. The molecule has 1 N–H and O–H groups in total. The van der Waals surface area contributed by atoms with Gasteiger partial charge in [-0.05, 0) is 32.5 Å². The number of halogens is 1. The zero-order chi connectivity index (χ0) is 13.5. The summed E-state index contributed by atoms with van der Waals surface area (Å²) in [6, 6.07) is 2.29. The molecule has 0 saturated heterocycles. The van der Waals surface area contributed by atoms with Gasteiger partial charge >= 0.3 is 0 Å². The number of nitrogens with one attached hydrogen (secondary N) is 1. The molecule has 0 amide bonds. The molecule has 5 heteroatoms. The highest BCUT2D eigenvalue weighted by atomic mass is 35.5. The maximum absolute atomic E-state index is 6.31. The van der Waals surface area contributed by atoms with Gasteiger partial charge in [0.25, 0.3) is 0 Å². The second kappa shape index (κ2) is 7.56. The molecule has 0 aliphatic carbocycles. The van der Waals surface area contributed by atoms with E-state index in [0.717, 1.165) is 24.5 Å². The van der Waals surface area contributed by atoms with E-state index in [2.05, 4.69) is 29.0 Å². The van der Waals surface area contributed by atoms with Gasteiger partial charge in [-0.3, -0.25) is 0 Å². The predicted molar refractivity (Wildman–Crippen MR) is 76.4 cm³/mol. The molecular weight excluding hydrogens is 250 g/mol. The average molecular weight is 272 g/mol. The summed E-state index contributed by atoms with van der Waals surface area (Å²) in [5.74, 6) is 0.823. The summed E-state index contributed by atoms with van der Waals surface area (Å²) in [7, 11) is 3.60. The van der Waals surface area contributed by atoms with Crippen LogP contribution >= 0.6 is 11.6 Å². The van der Waals surface area contributed by atoms with E-state index in [1.54, 1.807) is 7.11 Å². The zero-order valence-electron chi connectivity index (χ0n) is 11.5. The highest BCUT2D eigenvalue weighted by Crippen LogP contribution is 2.25. The lowest BCUT2D eigenvalue weighted by atomic mass is 10.2. The van der Waals surface area contributed by atoms with E-state index in [0.29, 0.717) is 17.7 Å². The molecule has 0 saturated carbocycles. The van der Waals surface area contributed by atoms with Crippen molar-refractivity contribution < 1.29 is 4.74 Å². The quantitative estimate of drug-likeness (QED) is 0.826. The fourth-order valence-corrected chi connectivity index (χ4v) is 2.08. The van der Waals surface area contributed by atoms with Crippen molar-refractivity contribution in [2.75, 3.05) is 32.2 Å². The monoisotopic (exact) mass is 271 g/mol. The van der Waals surface area contributed by atoms with Crippen molar-refractivity contribution in [2.45, 2.75) is 26.4 Å². The van der Waals surface area contributed by atoms with Crippen molar-refractivity contribution in [1.29, 1.82) is 0 Å². The first-order valence-electron chi connectivity index (χ1n) is 6.14. The number of aromatic nitrogens is 1. The van der Waals surface area contributed by atoms with Crippen molar-refractivity contribution >= 4 is 17.4 Å². The van der Waals surface area contributed by atoms with Crippen LogP contribution in [0.2, 0.25) is 5.02 Å². The standard InChI is InChI=1S/C13H22ClN3O/c1-10(2)17(5-6-18-4)13-12(14)7-11(8-15-3)9-16-13/h7,9-10,15H,5-6,8H2,1-4H3. The molecule has 1 heterocycles. The average Bonchev–Trinajstić information content (AvgIpc) is 2.32. The second-order valence-electron chi connectivity index (χ2n) is 4.46. The third-order valence-electron chi connectivity index (χ3n) is 2.69. The van der Waals surface area contributed by atoms with Gasteiger partial charge in [0.1, 0.15) is 5.82 Å². The van der Waals surface area contributed by atoms with Gasteiger partial charge < -0.3 is 15.0 Å². The molecule has 0 bridgehead atoms. The van der Waals surface area contributed by atoms with E-state index in [1.807, 2.05) is 19.3 Å².